The van der Waals surface area contributed by atoms with E-state index >= 15 is 0 Å². The molecule has 122 valence electrons. The number of carboxylic acids is 1. The van der Waals surface area contributed by atoms with Crippen molar-refractivity contribution in [2.75, 3.05) is 33.2 Å². The van der Waals surface area contributed by atoms with Crippen molar-refractivity contribution in [1.29, 1.82) is 0 Å². The Balaban J connectivity index is 1.66. The molecule has 2 fully saturated rings. The first kappa shape index (κ1) is 16.7. The van der Waals surface area contributed by atoms with E-state index in [-0.39, 0.29) is 0 Å². The van der Waals surface area contributed by atoms with E-state index in [4.69, 9.17) is 0 Å². The summed E-state index contributed by atoms with van der Waals surface area (Å²) in [5, 5.41) is 12.7. The van der Waals surface area contributed by atoms with Crippen molar-refractivity contribution >= 4 is 5.97 Å². The van der Waals surface area contributed by atoms with Crippen LogP contribution in [0, 0.1) is 0 Å². The predicted octanol–water partition coefficient (Wildman–Crippen LogP) is 1.39. The van der Waals surface area contributed by atoms with Gasteiger partial charge in [-0.1, -0.05) is 0 Å². The number of likely N-dealkylation sites (N-methyl/N-ethyl adjacent to an activating group) is 1. The van der Waals surface area contributed by atoms with Gasteiger partial charge in [-0.2, -0.15) is 0 Å². The van der Waals surface area contributed by atoms with Crippen LogP contribution in [-0.4, -0.2) is 71.7 Å². The van der Waals surface area contributed by atoms with Gasteiger partial charge in [-0.3, -0.25) is 10.1 Å². The Kier molecular flexibility index (Phi) is 5.63. The van der Waals surface area contributed by atoms with Gasteiger partial charge in [-0.15, -0.1) is 0 Å². The lowest BCUT2D eigenvalue weighted by Gasteiger charge is -2.37. The smallest absolute Gasteiger partial charge is 0.323 e. The van der Waals surface area contributed by atoms with Crippen LogP contribution >= 0.6 is 0 Å². The van der Waals surface area contributed by atoms with Crippen molar-refractivity contribution in [3.8, 4) is 0 Å². The predicted molar refractivity (Wildman–Crippen MR) is 84.6 cm³/mol. The summed E-state index contributed by atoms with van der Waals surface area (Å²) in [6, 6.07) is 1.06. The molecule has 2 N–H and O–H groups in total. The lowest BCUT2D eigenvalue weighted by atomic mass is 9.94. The third kappa shape index (κ3) is 4.94. The van der Waals surface area contributed by atoms with Crippen molar-refractivity contribution in [3.63, 3.8) is 0 Å². The first-order valence-corrected chi connectivity index (χ1v) is 8.34. The Bertz CT molecular complexity index is 359. The van der Waals surface area contributed by atoms with Crippen LogP contribution in [0.25, 0.3) is 0 Å². The SMILES string of the molecule is CC1CN(CCCCC(C)(NC2CC2)C(=O)O)CCN1C. The van der Waals surface area contributed by atoms with Gasteiger partial charge in [0.15, 0.2) is 0 Å². The highest BCUT2D eigenvalue weighted by molar-refractivity contribution is 5.78. The van der Waals surface area contributed by atoms with E-state index in [9.17, 15) is 9.90 Å². The molecule has 2 unspecified atom stereocenters. The quantitative estimate of drug-likeness (QED) is 0.663. The number of hydrogen-bond donors (Lipinski definition) is 2. The minimum atomic E-state index is -0.740. The molecule has 1 heterocycles. The van der Waals surface area contributed by atoms with E-state index in [1.54, 1.807) is 0 Å². The molecule has 0 aromatic heterocycles. The fourth-order valence-electron chi connectivity index (χ4n) is 3.06. The maximum atomic E-state index is 11.5. The van der Waals surface area contributed by atoms with Crippen LogP contribution in [0.1, 0.15) is 46.0 Å². The molecule has 2 aliphatic rings. The first-order chi connectivity index (χ1) is 9.90. The Morgan fingerprint density at radius 2 is 2.05 bits per heavy atom. The normalized spacial score (nSPS) is 27.5. The molecular formula is C16H31N3O2. The molecule has 0 aromatic carbocycles. The lowest BCUT2D eigenvalue weighted by molar-refractivity contribution is -0.144. The summed E-state index contributed by atoms with van der Waals surface area (Å²) in [5.41, 5.74) is -0.740. The molecule has 0 radical (unpaired) electrons. The van der Waals surface area contributed by atoms with Gasteiger partial charge in [0, 0.05) is 31.7 Å². The Morgan fingerprint density at radius 1 is 1.33 bits per heavy atom. The van der Waals surface area contributed by atoms with Crippen LogP contribution in [0.2, 0.25) is 0 Å². The summed E-state index contributed by atoms with van der Waals surface area (Å²) in [7, 11) is 2.18. The van der Waals surface area contributed by atoms with Gasteiger partial charge in [0.2, 0.25) is 0 Å². The number of carboxylic acid groups (broad SMARTS) is 1. The number of nitrogens with zero attached hydrogens (tertiary/aromatic N) is 2. The van der Waals surface area contributed by atoms with Crippen LogP contribution in [0.15, 0.2) is 0 Å². The van der Waals surface area contributed by atoms with E-state index in [0.717, 1.165) is 58.3 Å². The van der Waals surface area contributed by atoms with Crippen LogP contribution in [0.3, 0.4) is 0 Å². The molecule has 0 bridgehead atoms. The largest absolute Gasteiger partial charge is 0.480 e. The third-order valence-corrected chi connectivity index (χ3v) is 5.02. The van der Waals surface area contributed by atoms with Crippen molar-refractivity contribution in [3.05, 3.63) is 0 Å². The van der Waals surface area contributed by atoms with E-state index in [1.165, 1.54) is 0 Å². The van der Waals surface area contributed by atoms with Crippen molar-refractivity contribution in [1.82, 2.24) is 15.1 Å². The van der Waals surface area contributed by atoms with Gasteiger partial charge in [0.05, 0.1) is 0 Å². The topological polar surface area (TPSA) is 55.8 Å². The highest BCUT2D eigenvalue weighted by atomic mass is 16.4. The van der Waals surface area contributed by atoms with E-state index in [0.29, 0.717) is 12.1 Å². The Morgan fingerprint density at radius 3 is 2.62 bits per heavy atom. The number of aliphatic carboxylic acids is 1. The average Bonchev–Trinajstić information content (AvgIpc) is 3.22. The molecule has 1 aliphatic heterocycles. The van der Waals surface area contributed by atoms with E-state index < -0.39 is 11.5 Å². The summed E-state index contributed by atoms with van der Waals surface area (Å²) in [6.07, 6.45) is 5.04. The Labute approximate surface area is 128 Å². The minimum Gasteiger partial charge on any atom is -0.480 e. The number of unbranched alkanes of at least 4 members (excludes halogenated alkanes) is 1. The van der Waals surface area contributed by atoms with E-state index in [2.05, 4.69) is 29.1 Å². The number of carbonyl (C=O) groups is 1. The second-order valence-electron chi connectivity index (χ2n) is 7.14. The monoisotopic (exact) mass is 297 g/mol. The van der Waals surface area contributed by atoms with Gasteiger partial charge in [-0.25, -0.2) is 0 Å². The summed E-state index contributed by atoms with van der Waals surface area (Å²) in [5.74, 6) is -0.706. The molecule has 1 saturated heterocycles. The van der Waals surface area contributed by atoms with Crippen molar-refractivity contribution < 1.29 is 9.90 Å². The van der Waals surface area contributed by atoms with Crippen LogP contribution in [-0.2, 0) is 4.79 Å². The number of nitrogens with one attached hydrogen (secondary N) is 1. The molecule has 2 atom stereocenters. The first-order valence-electron chi connectivity index (χ1n) is 8.34. The zero-order valence-electron chi connectivity index (χ0n) is 13.8. The molecular weight excluding hydrogens is 266 g/mol. The molecule has 2 rings (SSSR count). The fraction of sp³-hybridized carbons (Fsp3) is 0.938. The highest BCUT2D eigenvalue weighted by Crippen LogP contribution is 2.25. The van der Waals surface area contributed by atoms with Crippen LogP contribution in [0.4, 0.5) is 0 Å². The molecule has 1 aliphatic carbocycles. The van der Waals surface area contributed by atoms with E-state index in [1.807, 2.05) is 6.92 Å². The molecule has 1 saturated carbocycles. The van der Waals surface area contributed by atoms with Crippen molar-refractivity contribution in [2.45, 2.75) is 63.6 Å². The molecule has 0 spiro atoms. The van der Waals surface area contributed by atoms with Gasteiger partial charge in [-0.05, 0) is 59.5 Å². The second-order valence-corrected chi connectivity index (χ2v) is 7.14. The lowest BCUT2D eigenvalue weighted by Crippen LogP contribution is -2.51. The average molecular weight is 297 g/mol. The number of piperazine rings is 1. The zero-order chi connectivity index (χ0) is 15.5. The summed E-state index contributed by atoms with van der Waals surface area (Å²) >= 11 is 0. The van der Waals surface area contributed by atoms with Gasteiger partial charge < -0.3 is 14.9 Å². The zero-order valence-corrected chi connectivity index (χ0v) is 13.8. The molecule has 0 aromatic rings. The molecule has 5 heteroatoms. The third-order valence-electron chi connectivity index (χ3n) is 5.02. The summed E-state index contributed by atoms with van der Waals surface area (Å²) in [6.45, 7) is 8.61. The number of rotatable bonds is 8. The molecule has 5 nitrogen and oxygen atoms in total. The number of hydrogen-bond acceptors (Lipinski definition) is 4. The Hall–Kier alpha value is -0.650. The summed E-state index contributed by atoms with van der Waals surface area (Å²) < 4.78 is 0. The summed E-state index contributed by atoms with van der Waals surface area (Å²) in [4.78, 5) is 16.4. The van der Waals surface area contributed by atoms with Crippen LogP contribution in [0.5, 0.6) is 0 Å². The molecule has 21 heavy (non-hydrogen) atoms. The standard InChI is InChI=1S/C16H31N3O2/c1-13-12-19(11-10-18(13)3)9-5-4-8-16(2,15(20)21)17-14-6-7-14/h13-14,17H,4-12H2,1-3H3,(H,20,21). The van der Waals surface area contributed by atoms with Gasteiger partial charge >= 0.3 is 5.97 Å². The highest BCUT2D eigenvalue weighted by Gasteiger charge is 2.37. The van der Waals surface area contributed by atoms with Gasteiger partial charge in [0.25, 0.3) is 0 Å². The van der Waals surface area contributed by atoms with Crippen LogP contribution < -0.4 is 5.32 Å². The van der Waals surface area contributed by atoms with Gasteiger partial charge in [0.1, 0.15) is 5.54 Å². The van der Waals surface area contributed by atoms with Crippen molar-refractivity contribution in [2.24, 2.45) is 0 Å². The second kappa shape index (κ2) is 7.07. The maximum absolute atomic E-state index is 11.5. The fourth-order valence-corrected chi connectivity index (χ4v) is 3.06. The minimum absolute atomic E-state index is 0.435. The molecule has 0 amide bonds. The maximum Gasteiger partial charge on any atom is 0.323 e.